The first kappa shape index (κ1) is 17.7. The molecule has 0 atom stereocenters. The van der Waals surface area contributed by atoms with Crippen molar-refractivity contribution >= 4 is 11.6 Å². The molecule has 140 valence electrons. The molecule has 1 aliphatic rings. The van der Waals surface area contributed by atoms with Gasteiger partial charge in [0.1, 0.15) is 0 Å². The Morgan fingerprint density at radius 2 is 1.89 bits per heavy atom. The number of hydrogen-bond donors (Lipinski definition) is 1. The van der Waals surface area contributed by atoms with E-state index >= 15 is 0 Å². The second-order valence-corrected chi connectivity index (χ2v) is 7.51. The summed E-state index contributed by atoms with van der Waals surface area (Å²) < 4.78 is 1.86. The Bertz CT molecular complexity index is 955. The molecule has 27 heavy (non-hydrogen) atoms. The molecule has 1 saturated carbocycles. The Kier molecular flexibility index (Phi) is 4.92. The fourth-order valence-electron chi connectivity index (χ4n) is 4.02. The standard InChI is InChI=1S/C22H26N4O/c1-15-19(13-22(27)24-18-11-7-4-8-12-18)16(2)26-21(23-15)14-20(25-26)17-9-5-3-6-10-17/h3,5-6,9-10,14,18H,4,7-8,11-13H2,1-2H3,(H,24,27). The van der Waals surface area contributed by atoms with Gasteiger partial charge in [0.25, 0.3) is 0 Å². The van der Waals surface area contributed by atoms with Crippen LogP contribution in [0, 0.1) is 13.8 Å². The van der Waals surface area contributed by atoms with Crippen molar-refractivity contribution in [2.45, 2.75) is 58.4 Å². The fourth-order valence-corrected chi connectivity index (χ4v) is 4.02. The van der Waals surface area contributed by atoms with E-state index in [1.165, 1.54) is 19.3 Å². The number of nitrogens with one attached hydrogen (secondary N) is 1. The summed E-state index contributed by atoms with van der Waals surface area (Å²) >= 11 is 0. The smallest absolute Gasteiger partial charge is 0.224 e. The number of carbonyl (C=O) groups is 1. The van der Waals surface area contributed by atoms with Gasteiger partial charge in [-0.1, -0.05) is 49.6 Å². The third-order valence-corrected chi connectivity index (χ3v) is 5.54. The van der Waals surface area contributed by atoms with E-state index in [4.69, 9.17) is 10.1 Å². The number of rotatable bonds is 4. The second-order valence-electron chi connectivity index (χ2n) is 7.51. The first-order valence-electron chi connectivity index (χ1n) is 9.82. The van der Waals surface area contributed by atoms with Gasteiger partial charge in [-0.3, -0.25) is 4.79 Å². The van der Waals surface area contributed by atoms with Gasteiger partial charge in [-0.05, 0) is 26.7 Å². The van der Waals surface area contributed by atoms with E-state index < -0.39 is 0 Å². The Morgan fingerprint density at radius 1 is 1.15 bits per heavy atom. The first-order chi connectivity index (χ1) is 13.1. The van der Waals surface area contributed by atoms with Crippen LogP contribution < -0.4 is 5.32 Å². The Hall–Kier alpha value is -2.69. The Balaban J connectivity index is 1.60. The minimum atomic E-state index is 0.0877. The highest BCUT2D eigenvalue weighted by molar-refractivity contribution is 5.79. The van der Waals surface area contributed by atoms with Crippen LogP contribution in [0.5, 0.6) is 0 Å². The molecule has 1 aromatic carbocycles. The third-order valence-electron chi connectivity index (χ3n) is 5.54. The number of nitrogens with zero attached hydrogens (tertiary/aromatic N) is 3. The van der Waals surface area contributed by atoms with Crippen LogP contribution in [0.15, 0.2) is 36.4 Å². The summed E-state index contributed by atoms with van der Waals surface area (Å²) in [5, 5.41) is 7.93. The van der Waals surface area contributed by atoms with Crippen LogP contribution in [0.3, 0.4) is 0 Å². The largest absolute Gasteiger partial charge is 0.353 e. The molecular weight excluding hydrogens is 336 g/mol. The maximum absolute atomic E-state index is 12.6. The van der Waals surface area contributed by atoms with Crippen LogP contribution in [-0.2, 0) is 11.2 Å². The second kappa shape index (κ2) is 7.51. The average Bonchev–Trinajstić information content (AvgIpc) is 3.11. The van der Waals surface area contributed by atoms with E-state index in [0.29, 0.717) is 12.5 Å². The molecule has 0 aliphatic heterocycles. The Morgan fingerprint density at radius 3 is 2.63 bits per heavy atom. The van der Waals surface area contributed by atoms with Gasteiger partial charge in [0, 0.05) is 34.6 Å². The predicted octanol–water partition coefficient (Wildman–Crippen LogP) is 4.00. The lowest BCUT2D eigenvalue weighted by atomic mass is 9.95. The lowest BCUT2D eigenvalue weighted by molar-refractivity contribution is -0.121. The van der Waals surface area contributed by atoms with Gasteiger partial charge in [-0.25, -0.2) is 9.50 Å². The van der Waals surface area contributed by atoms with E-state index in [1.54, 1.807) is 0 Å². The molecule has 2 heterocycles. The number of fused-ring (bicyclic) bond motifs is 1. The van der Waals surface area contributed by atoms with Crippen LogP contribution >= 0.6 is 0 Å². The minimum Gasteiger partial charge on any atom is -0.353 e. The predicted molar refractivity (Wildman–Crippen MR) is 107 cm³/mol. The van der Waals surface area contributed by atoms with Crippen molar-refractivity contribution in [1.82, 2.24) is 19.9 Å². The van der Waals surface area contributed by atoms with Crippen LogP contribution in [0.25, 0.3) is 16.9 Å². The molecule has 0 bridgehead atoms. The quantitative estimate of drug-likeness (QED) is 0.763. The molecule has 1 N–H and O–H groups in total. The summed E-state index contributed by atoms with van der Waals surface area (Å²) in [6, 6.07) is 12.4. The van der Waals surface area contributed by atoms with Crippen molar-refractivity contribution in [2.24, 2.45) is 0 Å². The monoisotopic (exact) mass is 362 g/mol. The summed E-state index contributed by atoms with van der Waals surface area (Å²) in [4.78, 5) is 17.3. The molecule has 0 unspecified atom stereocenters. The molecule has 0 radical (unpaired) electrons. The molecule has 1 amide bonds. The maximum atomic E-state index is 12.6. The average molecular weight is 362 g/mol. The molecule has 4 rings (SSSR count). The summed E-state index contributed by atoms with van der Waals surface area (Å²) in [7, 11) is 0. The van der Waals surface area contributed by atoms with Crippen molar-refractivity contribution in [3.63, 3.8) is 0 Å². The molecular formula is C22H26N4O. The van der Waals surface area contributed by atoms with Crippen molar-refractivity contribution in [1.29, 1.82) is 0 Å². The lowest BCUT2D eigenvalue weighted by Crippen LogP contribution is -2.37. The van der Waals surface area contributed by atoms with Crippen molar-refractivity contribution in [2.75, 3.05) is 0 Å². The van der Waals surface area contributed by atoms with Gasteiger partial charge in [-0.2, -0.15) is 5.10 Å². The number of amides is 1. The van der Waals surface area contributed by atoms with Crippen molar-refractivity contribution in [3.05, 3.63) is 53.3 Å². The third kappa shape index (κ3) is 3.72. The van der Waals surface area contributed by atoms with Gasteiger partial charge in [0.15, 0.2) is 5.65 Å². The van der Waals surface area contributed by atoms with Gasteiger partial charge in [0.2, 0.25) is 5.91 Å². The molecule has 3 aromatic rings. The van der Waals surface area contributed by atoms with Crippen molar-refractivity contribution in [3.8, 4) is 11.3 Å². The SMILES string of the molecule is Cc1nc2cc(-c3ccccc3)nn2c(C)c1CC(=O)NC1CCCCC1. The summed E-state index contributed by atoms with van der Waals surface area (Å²) in [5.74, 6) is 0.0877. The highest BCUT2D eigenvalue weighted by Crippen LogP contribution is 2.22. The maximum Gasteiger partial charge on any atom is 0.224 e. The zero-order chi connectivity index (χ0) is 18.8. The minimum absolute atomic E-state index is 0.0877. The fraction of sp³-hybridized carbons (Fsp3) is 0.409. The van der Waals surface area contributed by atoms with Gasteiger partial charge >= 0.3 is 0 Å². The van der Waals surface area contributed by atoms with E-state index in [0.717, 1.165) is 46.7 Å². The molecule has 1 aliphatic carbocycles. The number of benzene rings is 1. The van der Waals surface area contributed by atoms with Gasteiger partial charge < -0.3 is 5.32 Å². The summed E-state index contributed by atoms with van der Waals surface area (Å²) in [6.07, 6.45) is 6.27. The molecule has 1 fully saturated rings. The zero-order valence-electron chi connectivity index (χ0n) is 16.0. The first-order valence-corrected chi connectivity index (χ1v) is 9.82. The zero-order valence-corrected chi connectivity index (χ0v) is 16.0. The van der Waals surface area contributed by atoms with Crippen LogP contribution in [0.2, 0.25) is 0 Å². The number of carbonyl (C=O) groups excluding carboxylic acids is 1. The summed E-state index contributed by atoms with van der Waals surface area (Å²) in [5.41, 5.74) is 5.64. The van der Waals surface area contributed by atoms with E-state index in [9.17, 15) is 4.79 Å². The van der Waals surface area contributed by atoms with E-state index in [-0.39, 0.29) is 5.91 Å². The van der Waals surface area contributed by atoms with Crippen LogP contribution in [0.4, 0.5) is 0 Å². The summed E-state index contributed by atoms with van der Waals surface area (Å²) in [6.45, 7) is 4.00. The highest BCUT2D eigenvalue weighted by atomic mass is 16.1. The molecule has 0 spiro atoms. The van der Waals surface area contributed by atoms with Crippen LogP contribution in [-0.4, -0.2) is 26.5 Å². The highest BCUT2D eigenvalue weighted by Gasteiger charge is 2.19. The van der Waals surface area contributed by atoms with Crippen LogP contribution in [0.1, 0.15) is 49.1 Å². The van der Waals surface area contributed by atoms with E-state index in [2.05, 4.69) is 5.32 Å². The van der Waals surface area contributed by atoms with Crippen molar-refractivity contribution < 1.29 is 4.79 Å². The van der Waals surface area contributed by atoms with Gasteiger partial charge in [0.05, 0.1) is 12.1 Å². The Labute approximate surface area is 159 Å². The number of aryl methyl sites for hydroxylation is 2. The molecule has 2 aromatic heterocycles. The lowest BCUT2D eigenvalue weighted by Gasteiger charge is -2.23. The van der Waals surface area contributed by atoms with Gasteiger partial charge in [-0.15, -0.1) is 0 Å². The number of hydrogen-bond acceptors (Lipinski definition) is 3. The topological polar surface area (TPSA) is 59.3 Å². The molecule has 0 saturated heterocycles. The molecule has 5 nitrogen and oxygen atoms in total. The molecule has 5 heteroatoms. The number of aromatic nitrogens is 3. The van der Waals surface area contributed by atoms with E-state index in [1.807, 2.05) is 54.8 Å². The normalized spacial score (nSPS) is 15.2.